The Bertz CT molecular complexity index is 382. The van der Waals surface area contributed by atoms with Crippen LogP contribution in [0.3, 0.4) is 0 Å². The van der Waals surface area contributed by atoms with Gasteiger partial charge in [0, 0.05) is 18.4 Å². The second-order valence-electron chi connectivity index (χ2n) is 2.95. The van der Waals surface area contributed by atoms with E-state index in [-0.39, 0.29) is 12.3 Å². The number of hydrogen-bond acceptors (Lipinski definition) is 5. The van der Waals surface area contributed by atoms with Crippen LogP contribution in [0.4, 0.5) is 11.4 Å². The van der Waals surface area contributed by atoms with Crippen molar-refractivity contribution in [1.29, 1.82) is 0 Å². The standard InChI is InChI=1S/C9H12N2O3S/c1-15-9-5-7(10)6(2-3-12)4-8(9)11(13)14/h4-5,12H,2-3,10H2,1H3. The molecule has 0 spiro atoms. The third kappa shape index (κ3) is 2.60. The zero-order chi connectivity index (χ0) is 11.4. The summed E-state index contributed by atoms with van der Waals surface area (Å²) in [6, 6.07) is 3.01. The van der Waals surface area contributed by atoms with Crippen LogP contribution >= 0.6 is 11.8 Å². The van der Waals surface area contributed by atoms with E-state index in [1.54, 1.807) is 12.3 Å². The summed E-state index contributed by atoms with van der Waals surface area (Å²) in [6.45, 7) is -0.0695. The molecule has 5 nitrogen and oxygen atoms in total. The highest BCUT2D eigenvalue weighted by Gasteiger charge is 2.16. The first kappa shape index (κ1) is 11.8. The fourth-order valence-electron chi connectivity index (χ4n) is 1.27. The number of nitro benzene ring substituents is 1. The second kappa shape index (κ2) is 4.99. The lowest BCUT2D eigenvalue weighted by atomic mass is 10.1. The molecule has 0 aliphatic rings. The molecule has 6 heteroatoms. The van der Waals surface area contributed by atoms with Crippen molar-refractivity contribution < 1.29 is 10.0 Å². The SMILES string of the molecule is CSc1cc(N)c(CCO)cc1[N+](=O)[O-]. The number of nitrogens with two attached hydrogens (primary N) is 1. The number of benzene rings is 1. The highest BCUT2D eigenvalue weighted by Crippen LogP contribution is 2.31. The number of hydrogen-bond donors (Lipinski definition) is 2. The molecule has 0 saturated heterocycles. The van der Waals surface area contributed by atoms with Crippen LogP contribution in [0, 0.1) is 10.1 Å². The third-order valence-corrected chi connectivity index (χ3v) is 2.79. The Morgan fingerprint density at radius 2 is 2.27 bits per heavy atom. The lowest BCUT2D eigenvalue weighted by Gasteiger charge is -2.06. The number of rotatable bonds is 4. The second-order valence-corrected chi connectivity index (χ2v) is 3.80. The lowest BCUT2D eigenvalue weighted by Crippen LogP contribution is -2.01. The molecule has 1 rings (SSSR count). The molecule has 3 N–H and O–H groups in total. The zero-order valence-electron chi connectivity index (χ0n) is 8.27. The fourth-order valence-corrected chi connectivity index (χ4v) is 1.86. The van der Waals surface area contributed by atoms with E-state index in [0.717, 1.165) is 0 Å². The van der Waals surface area contributed by atoms with Crippen LogP contribution in [0.1, 0.15) is 5.56 Å². The summed E-state index contributed by atoms with van der Waals surface area (Å²) in [4.78, 5) is 10.8. The number of anilines is 1. The molecule has 0 heterocycles. The highest BCUT2D eigenvalue weighted by molar-refractivity contribution is 7.98. The molecule has 82 valence electrons. The van der Waals surface area contributed by atoms with Crippen LogP contribution in [0.15, 0.2) is 17.0 Å². The Morgan fingerprint density at radius 3 is 2.73 bits per heavy atom. The maximum Gasteiger partial charge on any atom is 0.283 e. The zero-order valence-corrected chi connectivity index (χ0v) is 9.08. The summed E-state index contributed by atoms with van der Waals surface area (Å²) >= 11 is 1.28. The molecule has 1 aromatic rings. The summed E-state index contributed by atoms with van der Waals surface area (Å²) in [6.07, 6.45) is 2.09. The maximum absolute atomic E-state index is 10.7. The molecule has 15 heavy (non-hydrogen) atoms. The van der Waals surface area contributed by atoms with E-state index in [9.17, 15) is 10.1 Å². The Labute approximate surface area is 91.4 Å². The Morgan fingerprint density at radius 1 is 1.60 bits per heavy atom. The number of nitro groups is 1. The Hall–Kier alpha value is -1.27. The summed E-state index contributed by atoms with van der Waals surface area (Å²) in [5.74, 6) is 0. The summed E-state index contributed by atoms with van der Waals surface area (Å²) in [5.41, 5.74) is 6.84. The summed E-state index contributed by atoms with van der Waals surface area (Å²) < 4.78 is 0. The fraction of sp³-hybridized carbons (Fsp3) is 0.333. The first-order valence-corrected chi connectivity index (χ1v) is 5.54. The molecule has 0 aliphatic carbocycles. The molecular weight excluding hydrogens is 216 g/mol. The highest BCUT2D eigenvalue weighted by atomic mass is 32.2. The number of nitrogens with zero attached hydrogens (tertiary/aromatic N) is 1. The average molecular weight is 228 g/mol. The Balaban J connectivity index is 3.23. The number of thioether (sulfide) groups is 1. The van der Waals surface area contributed by atoms with E-state index >= 15 is 0 Å². The normalized spacial score (nSPS) is 10.3. The molecule has 0 saturated carbocycles. The minimum atomic E-state index is -0.438. The molecule has 0 bridgehead atoms. The van der Waals surface area contributed by atoms with E-state index in [0.29, 0.717) is 22.6 Å². The lowest BCUT2D eigenvalue weighted by molar-refractivity contribution is -0.387. The van der Waals surface area contributed by atoms with E-state index in [1.807, 2.05) is 0 Å². The summed E-state index contributed by atoms with van der Waals surface area (Å²) in [7, 11) is 0. The van der Waals surface area contributed by atoms with Crippen molar-refractivity contribution in [3.05, 3.63) is 27.8 Å². The van der Waals surface area contributed by atoms with Crippen LogP contribution in [-0.2, 0) is 6.42 Å². The molecular formula is C9H12N2O3S. The van der Waals surface area contributed by atoms with Crippen molar-refractivity contribution in [3.63, 3.8) is 0 Å². The smallest absolute Gasteiger partial charge is 0.283 e. The van der Waals surface area contributed by atoms with Crippen molar-refractivity contribution in [3.8, 4) is 0 Å². The molecule has 0 amide bonds. The van der Waals surface area contributed by atoms with Gasteiger partial charge in [-0.3, -0.25) is 10.1 Å². The van der Waals surface area contributed by atoms with Crippen LogP contribution in [0.5, 0.6) is 0 Å². The quantitative estimate of drug-likeness (QED) is 0.352. The van der Waals surface area contributed by atoms with Crippen LogP contribution < -0.4 is 5.73 Å². The first-order valence-electron chi connectivity index (χ1n) is 4.31. The number of nitrogen functional groups attached to an aromatic ring is 1. The molecule has 0 radical (unpaired) electrons. The predicted octanol–water partition coefficient (Wildman–Crippen LogP) is 1.43. The van der Waals surface area contributed by atoms with Gasteiger partial charge >= 0.3 is 0 Å². The number of aliphatic hydroxyl groups is 1. The van der Waals surface area contributed by atoms with E-state index in [1.165, 1.54) is 17.8 Å². The van der Waals surface area contributed by atoms with Gasteiger partial charge in [0.2, 0.25) is 0 Å². The Kier molecular flexibility index (Phi) is 3.93. The van der Waals surface area contributed by atoms with Crippen LogP contribution in [0.25, 0.3) is 0 Å². The van der Waals surface area contributed by atoms with Gasteiger partial charge in [-0.15, -0.1) is 11.8 Å². The topological polar surface area (TPSA) is 89.4 Å². The van der Waals surface area contributed by atoms with Crippen molar-refractivity contribution in [1.82, 2.24) is 0 Å². The van der Waals surface area contributed by atoms with Gasteiger partial charge in [0.05, 0.1) is 9.82 Å². The van der Waals surface area contributed by atoms with Crippen molar-refractivity contribution in [2.24, 2.45) is 0 Å². The molecule has 0 atom stereocenters. The maximum atomic E-state index is 10.7. The minimum absolute atomic E-state index is 0.0418. The molecule has 0 fully saturated rings. The predicted molar refractivity (Wildman–Crippen MR) is 60.1 cm³/mol. The van der Waals surface area contributed by atoms with Crippen molar-refractivity contribution in [2.75, 3.05) is 18.6 Å². The van der Waals surface area contributed by atoms with Gasteiger partial charge < -0.3 is 10.8 Å². The van der Waals surface area contributed by atoms with Gasteiger partial charge in [0.25, 0.3) is 5.69 Å². The largest absolute Gasteiger partial charge is 0.398 e. The first-order chi connectivity index (χ1) is 7.10. The number of aliphatic hydroxyl groups excluding tert-OH is 1. The van der Waals surface area contributed by atoms with Gasteiger partial charge in [0.15, 0.2) is 0 Å². The summed E-state index contributed by atoms with van der Waals surface area (Å²) in [5, 5.41) is 19.5. The van der Waals surface area contributed by atoms with Crippen molar-refractivity contribution >= 4 is 23.1 Å². The van der Waals surface area contributed by atoms with Gasteiger partial charge in [-0.05, 0) is 24.3 Å². The molecule has 0 aliphatic heterocycles. The van der Waals surface area contributed by atoms with E-state index < -0.39 is 4.92 Å². The van der Waals surface area contributed by atoms with Gasteiger partial charge in [-0.1, -0.05) is 0 Å². The minimum Gasteiger partial charge on any atom is -0.398 e. The molecule has 0 unspecified atom stereocenters. The van der Waals surface area contributed by atoms with Crippen LogP contribution in [-0.4, -0.2) is 22.9 Å². The third-order valence-electron chi connectivity index (χ3n) is 2.02. The van der Waals surface area contributed by atoms with E-state index in [4.69, 9.17) is 10.8 Å². The van der Waals surface area contributed by atoms with Gasteiger partial charge in [-0.25, -0.2) is 0 Å². The molecule has 1 aromatic carbocycles. The van der Waals surface area contributed by atoms with Crippen molar-refractivity contribution in [2.45, 2.75) is 11.3 Å². The van der Waals surface area contributed by atoms with Crippen LogP contribution in [0.2, 0.25) is 0 Å². The van der Waals surface area contributed by atoms with Gasteiger partial charge in [-0.2, -0.15) is 0 Å². The monoisotopic (exact) mass is 228 g/mol. The molecule has 0 aromatic heterocycles. The average Bonchev–Trinajstić information content (AvgIpc) is 2.20. The van der Waals surface area contributed by atoms with Gasteiger partial charge in [0.1, 0.15) is 0 Å². The van der Waals surface area contributed by atoms with E-state index in [2.05, 4.69) is 0 Å².